The predicted molar refractivity (Wildman–Crippen MR) is 64.4 cm³/mol. The van der Waals surface area contributed by atoms with Gasteiger partial charge in [-0.25, -0.2) is 0 Å². The van der Waals surface area contributed by atoms with Crippen LogP contribution in [0.5, 0.6) is 0 Å². The normalized spacial score (nSPS) is 33.2. The van der Waals surface area contributed by atoms with Gasteiger partial charge in [0.15, 0.2) is 0 Å². The molecule has 0 unspecified atom stereocenters. The molecule has 92 valence electrons. The third-order valence-corrected chi connectivity index (χ3v) is 3.54. The van der Waals surface area contributed by atoms with Crippen molar-refractivity contribution in [2.45, 2.75) is 32.5 Å². The second-order valence-corrected chi connectivity index (χ2v) is 4.77. The minimum Gasteiger partial charge on any atom is -0.462 e. The van der Waals surface area contributed by atoms with Gasteiger partial charge in [0.25, 0.3) is 0 Å². The zero-order chi connectivity index (χ0) is 12.4. The standard InChI is InChI=1S/C14H18O3/c1-9-13(15)12(10(2)17-14(9)16)8-11-6-4-3-5-7-11/h3-7,9-10,12-13,15H,8H2,1-2H3/t9-,10-,12+,13-/m0/s1. The monoisotopic (exact) mass is 234 g/mol. The fourth-order valence-electron chi connectivity index (χ4n) is 2.34. The number of cyclic esters (lactones) is 1. The number of esters is 1. The molecule has 1 saturated heterocycles. The molecule has 0 aliphatic carbocycles. The highest BCUT2D eigenvalue weighted by molar-refractivity contribution is 5.73. The van der Waals surface area contributed by atoms with Crippen LogP contribution >= 0.6 is 0 Å². The third kappa shape index (κ3) is 2.50. The van der Waals surface area contributed by atoms with Crippen LogP contribution in [0.15, 0.2) is 30.3 Å². The van der Waals surface area contributed by atoms with Crippen molar-refractivity contribution in [2.75, 3.05) is 0 Å². The van der Waals surface area contributed by atoms with Crippen LogP contribution in [0.4, 0.5) is 0 Å². The molecular formula is C14H18O3. The average Bonchev–Trinajstić information content (AvgIpc) is 2.33. The Hall–Kier alpha value is -1.35. The average molecular weight is 234 g/mol. The van der Waals surface area contributed by atoms with Gasteiger partial charge < -0.3 is 9.84 Å². The maximum Gasteiger partial charge on any atom is 0.311 e. The number of benzene rings is 1. The van der Waals surface area contributed by atoms with E-state index in [0.29, 0.717) is 0 Å². The van der Waals surface area contributed by atoms with Crippen LogP contribution in [0.25, 0.3) is 0 Å². The summed E-state index contributed by atoms with van der Waals surface area (Å²) in [6, 6.07) is 9.98. The maximum atomic E-state index is 11.4. The quantitative estimate of drug-likeness (QED) is 0.793. The first-order valence-corrected chi connectivity index (χ1v) is 6.02. The molecule has 0 radical (unpaired) electrons. The first-order valence-electron chi connectivity index (χ1n) is 6.02. The number of aliphatic hydroxyl groups excluding tert-OH is 1. The molecule has 1 N–H and O–H groups in total. The van der Waals surface area contributed by atoms with E-state index in [1.54, 1.807) is 6.92 Å². The minimum absolute atomic E-state index is 0.0231. The molecule has 3 nitrogen and oxygen atoms in total. The number of hydrogen-bond acceptors (Lipinski definition) is 3. The molecule has 0 spiro atoms. The van der Waals surface area contributed by atoms with Gasteiger partial charge in [-0.2, -0.15) is 0 Å². The Morgan fingerprint density at radius 1 is 1.24 bits per heavy atom. The van der Waals surface area contributed by atoms with Gasteiger partial charge in [0.05, 0.1) is 12.0 Å². The van der Waals surface area contributed by atoms with Crippen LogP contribution < -0.4 is 0 Å². The Kier molecular flexibility index (Phi) is 3.48. The zero-order valence-electron chi connectivity index (χ0n) is 10.2. The summed E-state index contributed by atoms with van der Waals surface area (Å²) >= 11 is 0. The highest BCUT2D eigenvalue weighted by atomic mass is 16.5. The van der Waals surface area contributed by atoms with Gasteiger partial charge >= 0.3 is 5.97 Å². The summed E-state index contributed by atoms with van der Waals surface area (Å²) in [6.45, 7) is 3.57. The molecule has 1 aromatic carbocycles. The topological polar surface area (TPSA) is 46.5 Å². The van der Waals surface area contributed by atoms with Crippen LogP contribution in [-0.4, -0.2) is 23.3 Å². The lowest BCUT2D eigenvalue weighted by molar-refractivity contribution is -0.176. The first kappa shape index (κ1) is 12.1. The minimum atomic E-state index is -0.619. The molecule has 0 amide bonds. The fourth-order valence-corrected chi connectivity index (χ4v) is 2.34. The number of aliphatic hydroxyl groups is 1. The summed E-state index contributed by atoms with van der Waals surface area (Å²) in [5, 5.41) is 10.1. The molecule has 2 rings (SSSR count). The van der Waals surface area contributed by atoms with E-state index < -0.39 is 12.0 Å². The molecule has 17 heavy (non-hydrogen) atoms. The summed E-state index contributed by atoms with van der Waals surface area (Å²) in [5.41, 5.74) is 1.16. The summed E-state index contributed by atoms with van der Waals surface area (Å²) in [7, 11) is 0. The van der Waals surface area contributed by atoms with Crippen molar-refractivity contribution < 1.29 is 14.6 Å². The van der Waals surface area contributed by atoms with E-state index >= 15 is 0 Å². The van der Waals surface area contributed by atoms with Crippen molar-refractivity contribution in [3.05, 3.63) is 35.9 Å². The van der Waals surface area contributed by atoms with Crippen LogP contribution in [0.3, 0.4) is 0 Å². The molecule has 1 aliphatic heterocycles. The lowest BCUT2D eigenvalue weighted by Gasteiger charge is -2.36. The van der Waals surface area contributed by atoms with Crippen molar-refractivity contribution in [3.63, 3.8) is 0 Å². The van der Waals surface area contributed by atoms with Crippen LogP contribution in [0, 0.1) is 11.8 Å². The number of rotatable bonds is 2. The molecule has 1 aromatic rings. The zero-order valence-corrected chi connectivity index (χ0v) is 10.2. The molecular weight excluding hydrogens is 216 g/mol. The Bertz CT molecular complexity index is 388. The van der Waals surface area contributed by atoms with Crippen LogP contribution in [-0.2, 0) is 16.0 Å². The number of carbonyl (C=O) groups is 1. The number of ether oxygens (including phenoxy) is 1. The van der Waals surface area contributed by atoms with E-state index in [2.05, 4.69) is 0 Å². The van der Waals surface area contributed by atoms with E-state index in [9.17, 15) is 9.90 Å². The molecule has 0 bridgehead atoms. The van der Waals surface area contributed by atoms with E-state index in [1.807, 2.05) is 37.3 Å². The SMILES string of the molecule is C[C@@H]1OC(=O)[C@@H](C)[C@H](O)[C@@H]1Cc1ccccc1. The maximum absolute atomic E-state index is 11.4. The molecule has 0 saturated carbocycles. The van der Waals surface area contributed by atoms with Crippen molar-refractivity contribution in [1.82, 2.24) is 0 Å². The van der Waals surface area contributed by atoms with Crippen LogP contribution in [0.1, 0.15) is 19.4 Å². The summed E-state index contributed by atoms with van der Waals surface area (Å²) in [6.07, 6.45) is -0.110. The second kappa shape index (κ2) is 4.88. The Balaban J connectivity index is 2.12. The lowest BCUT2D eigenvalue weighted by Crippen LogP contribution is -2.47. The van der Waals surface area contributed by atoms with Gasteiger partial charge in [-0.05, 0) is 25.8 Å². The smallest absolute Gasteiger partial charge is 0.311 e. The van der Waals surface area contributed by atoms with Gasteiger partial charge in [-0.1, -0.05) is 30.3 Å². The van der Waals surface area contributed by atoms with E-state index in [0.717, 1.165) is 12.0 Å². The Morgan fingerprint density at radius 3 is 2.53 bits per heavy atom. The van der Waals surface area contributed by atoms with Gasteiger partial charge in [0, 0.05) is 5.92 Å². The molecule has 1 fully saturated rings. The highest BCUT2D eigenvalue weighted by Gasteiger charge is 2.40. The summed E-state index contributed by atoms with van der Waals surface area (Å²) in [4.78, 5) is 11.4. The predicted octanol–water partition coefficient (Wildman–Crippen LogP) is 1.79. The molecule has 0 aromatic heterocycles. The molecule has 1 heterocycles. The van der Waals surface area contributed by atoms with Crippen molar-refractivity contribution >= 4 is 5.97 Å². The third-order valence-electron chi connectivity index (χ3n) is 3.54. The first-order chi connectivity index (χ1) is 8.09. The molecule has 4 atom stereocenters. The Labute approximate surface area is 101 Å². The van der Waals surface area contributed by atoms with Crippen molar-refractivity contribution in [3.8, 4) is 0 Å². The molecule has 1 aliphatic rings. The summed E-state index contributed by atoms with van der Waals surface area (Å²) in [5.74, 6) is -0.751. The van der Waals surface area contributed by atoms with Gasteiger partial charge in [0.1, 0.15) is 6.10 Å². The van der Waals surface area contributed by atoms with Crippen molar-refractivity contribution in [2.24, 2.45) is 11.8 Å². The fraction of sp³-hybridized carbons (Fsp3) is 0.500. The lowest BCUT2D eigenvalue weighted by atomic mass is 9.82. The van der Waals surface area contributed by atoms with Gasteiger partial charge in [-0.15, -0.1) is 0 Å². The largest absolute Gasteiger partial charge is 0.462 e. The number of carbonyl (C=O) groups excluding carboxylic acids is 1. The second-order valence-electron chi connectivity index (χ2n) is 4.77. The van der Waals surface area contributed by atoms with Gasteiger partial charge in [0.2, 0.25) is 0 Å². The van der Waals surface area contributed by atoms with E-state index in [4.69, 9.17) is 4.74 Å². The van der Waals surface area contributed by atoms with Crippen LogP contribution in [0.2, 0.25) is 0 Å². The van der Waals surface area contributed by atoms with Crippen molar-refractivity contribution in [1.29, 1.82) is 0 Å². The highest BCUT2D eigenvalue weighted by Crippen LogP contribution is 2.29. The number of hydrogen-bond donors (Lipinski definition) is 1. The van der Waals surface area contributed by atoms with E-state index in [1.165, 1.54) is 0 Å². The summed E-state index contributed by atoms with van der Waals surface area (Å²) < 4.78 is 5.25. The van der Waals surface area contributed by atoms with Gasteiger partial charge in [-0.3, -0.25) is 4.79 Å². The van der Waals surface area contributed by atoms with E-state index in [-0.39, 0.29) is 18.0 Å². The Morgan fingerprint density at radius 2 is 1.88 bits per heavy atom. The molecule has 3 heteroatoms.